The zero-order valence-corrected chi connectivity index (χ0v) is 16.5. The number of hydrogen-bond donors (Lipinski definition) is 2. The molecule has 2 aromatic heterocycles. The third-order valence-corrected chi connectivity index (χ3v) is 5.73. The third-order valence-electron chi connectivity index (χ3n) is 4.62. The maximum atomic E-state index is 12.5. The minimum absolute atomic E-state index is 0.142. The highest BCUT2D eigenvalue weighted by Gasteiger charge is 2.15. The van der Waals surface area contributed by atoms with Crippen LogP contribution in [0.15, 0.2) is 78.0 Å². The molecule has 0 bridgehead atoms. The molecule has 1 unspecified atom stereocenters. The van der Waals surface area contributed by atoms with Crippen molar-refractivity contribution in [1.82, 2.24) is 9.97 Å². The van der Waals surface area contributed by atoms with Crippen LogP contribution < -0.4 is 5.32 Å². The van der Waals surface area contributed by atoms with Crippen LogP contribution >= 0.6 is 0 Å². The Morgan fingerprint density at radius 3 is 2.66 bits per heavy atom. The Morgan fingerprint density at radius 2 is 1.90 bits per heavy atom. The van der Waals surface area contributed by atoms with Gasteiger partial charge in [-0.15, -0.1) is 4.21 Å². The molecule has 0 aliphatic rings. The van der Waals surface area contributed by atoms with Gasteiger partial charge in [0.15, 0.2) is 4.90 Å². The molecule has 6 nitrogen and oxygen atoms in total. The van der Waals surface area contributed by atoms with Gasteiger partial charge in [-0.25, -0.2) is 4.98 Å². The first kappa shape index (κ1) is 19.0. The molecule has 2 heterocycles. The SMILES string of the molecule is C[S+](=O)([O-])c1cccc(NC(=O)Cc2c[nH]c3ncc(-c4ccccc4)cc23)c1. The largest absolute Gasteiger partial charge is 0.610 e. The predicted molar refractivity (Wildman–Crippen MR) is 113 cm³/mol. The number of rotatable bonds is 5. The fourth-order valence-corrected chi connectivity index (χ4v) is 3.84. The molecule has 0 aliphatic heterocycles. The van der Waals surface area contributed by atoms with Gasteiger partial charge in [0.05, 0.1) is 16.6 Å². The van der Waals surface area contributed by atoms with Crippen LogP contribution in [0.3, 0.4) is 0 Å². The molecule has 2 aromatic carbocycles. The summed E-state index contributed by atoms with van der Waals surface area (Å²) in [6, 6.07) is 18.2. The zero-order chi connectivity index (χ0) is 20.4. The van der Waals surface area contributed by atoms with Gasteiger partial charge in [0, 0.05) is 35.1 Å². The third kappa shape index (κ3) is 4.26. The molecule has 4 aromatic rings. The molecule has 29 heavy (non-hydrogen) atoms. The van der Waals surface area contributed by atoms with Crippen molar-refractivity contribution in [3.8, 4) is 11.1 Å². The number of benzene rings is 2. The molecule has 0 spiro atoms. The van der Waals surface area contributed by atoms with Crippen LogP contribution in [-0.4, -0.2) is 26.7 Å². The number of fused-ring (bicyclic) bond motifs is 1. The molecule has 1 amide bonds. The molecule has 1 atom stereocenters. The molecule has 0 aliphatic carbocycles. The maximum absolute atomic E-state index is 12.5. The molecule has 0 radical (unpaired) electrons. The maximum Gasteiger partial charge on any atom is 0.228 e. The standard InChI is InChI=1S/C22H19N3O3S/c1-29(27,28)19-9-5-8-18(12-19)25-21(26)11-17-14-24-22-20(17)10-16(13-23-22)15-6-3-2-4-7-15/h2-10,12-14H,11H2,1H3,(H2-,23,24,25,26,27,28). The average molecular weight is 405 g/mol. The lowest BCUT2D eigenvalue weighted by Crippen LogP contribution is -2.15. The van der Waals surface area contributed by atoms with Crippen molar-refractivity contribution in [2.24, 2.45) is 0 Å². The van der Waals surface area contributed by atoms with Crippen molar-refractivity contribution in [2.45, 2.75) is 11.3 Å². The number of aromatic amines is 1. The fourth-order valence-electron chi connectivity index (χ4n) is 3.18. The van der Waals surface area contributed by atoms with Crippen LogP contribution in [0.4, 0.5) is 5.69 Å². The van der Waals surface area contributed by atoms with Crippen molar-refractivity contribution >= 4 is 32.8 Å². The molecular weight excluding hydrogens is 386 g/mol. The summed E-state index contributed by atoms with van der Waals surface area (Å²) in [6.07, 6.45) is 4.86. The van der Waals surface area contributed by atoms with Gasteiger partial charge in [0.25, 0.3) is 0 Å². The number of aromatic nitrogens is 2. The number of carbonyl (C=O) groups is 1. The van der Waals surface area contributed by atoms with Crippen molar-refractivity contribution < 1.29 is 13.6 Å². The number of hydrogen-bond acceptors (Lipinski definition) is 4. The number of H-pyrrole nitrogens is 1. The van der Waals surface area contributed by atoms with E-state index in [-0.39, 0.29) is 17.2 Å². The highest BCUT2D eigenvalue weighted by atomic mass is 32.3. The fraction of sp³-hybridized carbons (Fsp3) is 0.0909. The lowest BCUT2D eigenvalue weighted by molar-refractivity contribution is -0.115. The lowest BCUT2D eigenvalue weighted by Gasteiger charge is -2.10. The van der Waals surface area contributed by atoms with Gasteiger partial charge in [-0.3, -0.25) is 4.79 Å². The summed E-state index contributed by atoms with van der Waals surface area (Å²) in [5.41, 5.74) is 4.01. The Bertz CT molecular complexity index is 1230. The summed E-state index contributed by atoms with van der Waals surface area (Å²) in [7, 11) is -3.34. The predicted octanol–water partition coefficient (Wildman–Crippen LogP) is 4.03. The first-order valence-electron chi connectivity index (χ1n) is 9.01. The van der Waals surface area contributed by atoms with E-state index in [1.807, 2.05) is 36.4 Å². The zero-order valence-electron chi connectivity index (χ0n) is 15.7. The number of amides is 1. The van der Waals surface area contributed by atoms with E-state index in [9.17, 15) is 13.6 Å². The smallest absolute Gasteiger partial charge is 0.228 e. The summed E-state index contributed by atoms with van der Waals surface area (Å²) >= 11 is 0. The second-order valence-corrected chi connectivity index (χ2v) is 8.84. The molecule has 0 saturated heterocycles. The Balaban J connectivity index is 1.56. The highest BCUT2D eigenvalue weighted by molar-refractivity contribution is 7.97. The van der Waals surface area contributed by atoms with E-state index in [0.29, 0.717) is 11.3 Å². The minimum atomic E-state index is -3.34. The van der Waals surface area contributed by atoms with Gasteiger partial charge in [-0.05, 0) is 29.3 Å². The summed E-state index contributed by atoms with van der Waals surface area (Å²) in [6.45, 7) is 0. The van der Waals surface area contributed by atoms with Crippen molar-refractivity contribution in [3.05, 3.63) is 78.6 Å². The summed E-state index contributed by atoms with van der Waals surface area (Å²) in [5, 5.41) is 3.65. The normalized spacial score (nSPS) is 13.2. The number of sulfone groups is 1. The second kappa shape index (κ2) is 7.62. The van der Waals surface area contributed by atoms with E-state index in [1.165, 1.54) is 12.1 Å². The quantitative estimate of drug-likeness (QED) is 0.490. The van der Waals surface area contributed by atoms with Crippen molar-refractivity contribution in [2.75, 3.05) is 11.6 Å². The van der Waals surface area contributed by atoms with Crippen LogP contribution in [0.2, 0.25) is 0 Å². The van der Waals surface area contributed by atoms with E-state index in [4.69, 9.17) is 0 Å². The van der Waals surface area contributed by atoms with Crippen LogP contribution in [0.5, 0.6) is 0 Å². The number of nitrogens with one attached hydrogen (secondary N) is 2. The Labute approximate surface area is 169 Å². The van der Waals surface area contributed by atoms with E-state index >= 15 is 0 Å². The van der Waals surface area contributed by atoms with Gasteiger partial charge >= 0.3 is 0 Å². The number of pyridine rings is 1. The van der Waals surface area contributed by atoms with Gasteiger partial charge in [0.1, 0.15) is 11.9 Å². The molecule has 7 heteroatoms. The van der Waals surface area contributed by atoms with Crippen LogP contribution in [0.1, 0.15) is 5.56 Å². The van der Waals surface area contributed by atoms with Gasteiger partial charge < -0.3 is 14.9 Å². The Morgan fingerprint density at radius 1 is 1.10 bits per heavy atom. The summed E-state index contributed by atoms with van der Waals surface area (Å²) in [5.74, 6) is -0.235. The summed E-state index contributed by atoms with van der Waals surface area (Å²) in [4.78, 5) is 20.3. The first-order valence-corrected chi connectivity index (χ1v) is 10.9. The van der Waals surface area contributed by atoms with Crippen molar-refractivity contribution in [3.63, 3.8) is 0 Å². The van der Waals surface area contributed by atoms with E-state index < -0.39 is 10.2 Å². The molecule has 0 saturated carbocycles. The number of anilines is 1. The highest BCUT2D eigenvalue weighted by Crippen LogP contribution is 2.25. The molecule has 146 valence electrons. The molecule has 4 rings (SSSR count). The average Bonchev–Trinajstić information content (AvgIpc) is 3.10. The topological polar surface area (TPSA) is 97.9 Å². The monoisotopic (exact) mass is 405 g/mol. The van der Waals surface area contributed by atoms with Crippen LogP contribution in [-0.2, 0) is 25.6 Å². The Kier molecular flexibility index (Phi) is 5.00. The van der Waals surface area contributed by atoms with Crippen LogP contribution in [0.25, 0.3) is 22.2 Å². The second-order valence-electron chi connectivity index (χ2n) is 6.83. The number of carbonyl (C=O) groups excluding carboxylic acids is 1. The molecule has 2 N–H and O–H groups in total. The van der Waals surface area contributed by atoms with Crippen LogP contribution in [0, 0.1) is 0 Å². The molecule has 0 fully saturated rings. The van der Waals surface area contributed by atoms with Gasteiger partial charge in [-0.1, -0.05) is 36.4 Å². The minimum Gasteiger partial charge on any atom is -0.610 e. The number of nitrogens with zero attached hydrogens (tertiary/aromatic N) is 1. The van der Waals surface area contributed by atoms with Gasteiger partial charge in [-0.2, -0.15) is 0 Å². The summed E-state index contributed by atoms with van der Waals surface area (Å²) < 4.78 is 23.4. The van der Waals surface area contributed by atoms with E-state index in [0.717, 1.165) is 28.3 Å². The van der Waals surface area contributed by atoms with Crippen molar-refractivity contribution in [1.29, 1.82) is 0 Å². The molecular formula is C22H19N3O3S. The van der Waals surface area contributed by atoms with E-state index in [2.05, 4.69) is 15.3 Å². The Hall–Kier alpha value is -3.29. The van der Waals surface area contributed by atoms with Gasteiger partial charge in [0.2, 0.25) is 5.91 Å². The first-order chi connectivity index (χ1) is 13.9. The van der Waals surface area contributed by atoms with E-state index in [1.54, 1.807) is 24.5 Å². The lowest BCUT2D eigenvalue weighted by atomic mass is 10.0.